The molecule has 1 saturated carbocycles. The number of hydrogen-bond donors (Lipinski definition) is 0. The van der Waals surface area contributed by atoms with Gasteiger partial charge in [-0.2, -0.15) is 0 Å². The van der Waals surface area contributed by atoms with Crippen LogP contribution in [0.1, 0.15) is 62.6 Å². The molecule has 1 aliphatic heterocycles. The summed E-state index contributed by atoms with van der Waals surface area (Å²) in [7, 11) is 0. The van der Waals surface area contributed by atoms with Crippen molar-refractivity contribution >= 4 is 57.8 Å². The Kier molecular flexibility index (Phi) is 9.97. The van der Waals surface area contributed by atoms with Gasteiger partial charge in [-0.15, -0.1) is 0 Å². The molecule has 0 unspecified atom stereocenters. The van der Waals surface area contributed by atoms with Crippen molar-refractivity contribution in [1.29, 1.82) is 0 Å². The minimum Gasteiger partial charge on any atom is -0.490 e. The molecule has 0 radical (unpaired) electrons. The Morgan fingerprint density at radius 3 is 2.51 bits per heavy atom. The van der Waals surface area contributed by atoms with Gasteiger partial charge in [-0.25, -0.2) is 4.99 Å². The highest BCUT2D eigenvalue weighted by Gasteiger charge is 2.38. The predicted octanol–water partition coefficient (Wildman–Crippen LogP) is 9.47. The van der Waals surface area contributed by atoms with E-state index in [1.165, 1.54) is 23.7 Å². The fourth-order valence-electron chi connectivity index (χ4n) is 5.19. The Morgan fingerprint density at radius 1 is 0.951 bits per heavy atom. The molecule has 0 bridgehead atoms. The summed E-state index contributed by atoms with van der Waals surface area (Å²) in [6, 6.07) is 19.5. The molecule has 0 aromatic heterocycles. The number of rotatable bonds is 9. The van der Waals surface area contributed by atoms with Crippen molar-refractivity contribution in [3.8, 4) is 11.5 Å². The lowest BCUT2D eigenvalue weighted by molar-refractivity contribution is -0.124. The van der Waals surface area contributed by atoms with Crippen molar-refractivity contribution in [2.24, 2.45) is 4.99 Å². The molecular weight excluding hydrogens is 575 g/mol. The van der Waals surface area contributed by atoms with Gasteiger partial charge in [-0.3, -0.25) is 9.69 Å². The Bertz CT molecular complexity index is 1470. The van der Waals surface area contributed by atoms with Crippen LogP contribution < -0.4 is 9.47 Å². The molecule has 1 aliphatic carbocycles. The van der Waals surface area contributed by atoms with Crippen LogP contribution in [-0.2, 0) is 17.8 Å². The molecule has 2 aliphatic rings. The third-order valence-electron chi connectivity index (χ3n) is 7.31. The lowest BCUT2D eigenvalue weighted by Crippen LogP contribution is -2.40. The average molecular weight is 610 g/mol. The lowest BCUT2D eigenvalue weighted by atomic mass is 9.94. The van der Waals surface area contributed by atoms with E-state index in [0.717, 1.165) is 54.1 Å². The van der Waals surface area contributed by atoms with Crippen LogP contribution in [0, 0.1) is 0 Å². The zero-order valence-electron chi connectivity index (χ0n) is 23.4. The van der Waals surface area contributed by atoms with Crippen LogP contribution in [-0.4, -0.2) is 28.6 Å². The van der Waals surface area contributed by atoms with Crippen LogP contribution in [0.2, 0.25) is 10.0 Å². The first-order valence-electron chi connectivity index (χ1n) is 14.2. The highest BCUT2D eigenvalue weighted by atomic mass is 35.5. The Balaban J connectivity index is 1.42. The number of hydrogen-bond acceptors (Lipinski definition) is 5. The monoisotopic (exact) mass is 608 g/mol. The number of amidine groups is 1. The fraction of sp³-hybridized carbons (Fsp3) is 0.333. The minimum atomic E-state index is 0.0209. The third-order valence-corrected chi connectivity index (χ3v) is 9.03. The summed E-state index contributed by atoms with van der Waals surface area (Å²) in [5, 5.41) is 1.76. The van der Waals surface area contributed by atoms with Gasteiger partial charge in [0.15, 0.2) is 16.7 Å². The molecule has 3 aromatic rings. The summed E-state index contributed by atoms with van der Waals surface area (Å²) in [6.45, 7) is 4.87. The van der Waals surface area contributed by atoms with Crippen LogP contribution in [0.4, 0.5) is 5.69 Å². The highest BCUT2D eigenvalue weighted by molar-refractivity contribution is 8.18. The van der Waals surface area contributed by atoms with Crippen LogP contribution in [0.5, 0.6) is 11.5 Å². The van der Waals surface area contributed by atoms with Gasteiger partial charge in [0.1, 0.15) is 6.61 Å². The van der Waals surface area contributed by atoms with E-state index in [1.807, 2.05) is 60.4 Å². The van der Waals surface area contributed by atoms with E-state index in [4.69, 9.17) is 37.7 Å². The van der Waals surface area contributed by atoms with Crippen molar-refractivity contribution in [3.05, 3.63) is 92.3 Å². The molecule has 1 amide bonds. The molecule has 0 N–H and O–H groups in total. The summed E-state index contributed by atoms with van der Waals surface area (Å²) in [5.74, 6) is 1.26. The van der Waals surface area contributed by atoms with Gasteiger partial charge < -0.3 is 9.47 Å². The SMILES string of the molecule is CCOc1cc(/C=C2/SC(=Nc3ccccc3CC)N(C3CCCCC3)C2=O)ccc1OCc1ccc(Cl)c(Cl)c1. The second-order valence-corrected chi connectivity index (χ2v) is 12.0. The maximum absolute atomic E-state index is 13.8. The molecule has 8 heteroatoms. The minimum absolute atomic E-state index is 0.0209. The first-order valence-corrected chi connectivity index (χ1v) is 15.8. The molecule has 41 heavy (non-hydrogen) atoms. The number of halogens is 2. The molecular formula is C33H34Cl2N2O3S. The van der Waals surface area contributed by atoms with Gasteiger partial charge in [-0.05, 0) is 91.0 Å². The number of para-hydroxylation sites is 1. The molecule has 1 heterocycles. The number of aliphatic imine (C=N–C) groups is 1. The van der Waals surface area contributed by atoms with Gasteiger partial charge in [0, 0.05) is 6.04 Å². The number of carbonyl (C=O) groups excluding carboxylic acids is 1. The van der Waals surface area contributed by atoms with Crippen molar-refractivity contribution in [2.45, 2.75) is 65.0 Å². The van der Waals surface area contributed by atoms with Crippen molar-refractivity contribution < 1.29 is 14.3 Å². The molecule has 3 aromatic carbocycles. The van der Waals surface area contributed by atoms with E-state index >= 15 is 0 Å². The molecule has 2 fully saturated rings. The zero-order chi connectivity index (χ0) is 28.8. The topological polar surface area (TPSA) is 51.1 Å². The smallest absolute Gasteiger partial charge is 0.267 e. The fourth-order valence-corrected chi connectivity index (χ4v) is 6.56. The zero-order valence-corrected chi connectivity index (χ0v) is 25.7. The summed E-state index contributed by atoms with van der Waals surface area (Å²) in [6.07, 6.45) is 8.33. The van der Waals surface area contributed by atoms with Crippen LogP contribution in [0.25, 0.3) is 6.08 Å². The Hall–Kier alpha value is -2.93. The first-order chi connectivity index (χ1) is 20.0. The molecule has 1 saturated heterocycles. The number of carbonyl (C=O) groups is 1. The van der Waals surface area contributed by atoms with Crippen molar-refractivity contribution in [2.75, 3.05) is 6.61 Å². The molecule has 214 valence electrons. The highest BCUT2D eigenvalue weighted by Crippen LogP contribution is 2.40. The second kappa shape index (κ2) is 13.8. The maximum atomic E-state index is 13.8. The summed E-state index contributed by atoms with van der Waals surface area (Å²) >= 11 is 13.7. The summed E-state index contributed by atoms with van der Waals surface area (Å²) < 4.78 is 12.0. The van der Waals surface area contributed by atoms with E-state index in [2.05, 4.69) is 13.0 Å². The van der Waals surface area contributed by atoms with E-state index in [-0.39, 0.29) is 11.9 Å². The first kappa shape index (κ1) is 29.6. The molecule has 5 nitrogen and oxygen atoms in total. The molecule has 0 spiro atoms. The van der Waals surface area contributed by atoms with Gasteiger partial charge in [0.25, 0.3) is 5.91 Å². The summed E-state index contributed by atoms with van der Waals surface area (Å²) in [5.41, 5.74) is 3.87. The van der Waals surface area contributed by atoms with Gasteiger partial charge >= 0.3 is 0 Å². The van der Waals surface area contributed by atoms with Gasteiger partial charge in [-0.1, -0.05) is 79.7 Å². The second-order valence-electron chi connectivity index (χ2n) is 10.1. The van der Waals surface area contributed by atoms with E-state index in [0.29, 0.717) is 39.7 Å². The third kappa shape index (κ3) is 7.11. The Labute approximate surface area is 256 Å². The quantitative estimate of drug-likeness (QED) is 0.227. The van der Waals surface area contributed by atoms with Gasteiger partial charge in [0.05, 0.1) is 27.2 Å². The normalized spacial score (nSPS) is 18.0. The summed E-state index contributed by atoms with van der Waals surface area (Å²) in [4.78, 5) is 21.5. The number of benzene rings is 3. The molecule has 5 rings (SSSR count). The lowest BCUT2D eigenvalue weighted by Gasteiger charge is -2.30. The molecule has 0 atom stereocenters. The van der Waals surface area contributed by atoms with E-state index in [1.54, 1.807) is 12.1 Å². The number of nitrogens with zero attached hydrogens (tertiary/aromatic N) is 2. The number of aryl methyl sites for hydroxylation is 1. The van der Waals surface area contributed by atoms with E-state index in [9.17, 15) is 4.79 Å². The maximum Gasteiger partial charge on any atom is 0.267 e. The number of thioether (sulfide) groups is 1. The van der Waals surface area contributed by atoms with Crippen LogP contribution in [0.3, 0.4) is 0 Å². The standard InChI is InChI=1S/C33H34Cl2N2O3S/c1-3-24-10-8-9-13-28(24)36-33-37(25-11-6-5-7-12-25)32(38)31(41-33)20-22-15-17-29(30(19-22)39-4-2)40-21-23-14-16-26(34)27(35)18-23/h8-10,13-20,25H,3-7,11-12,21H2,1-2H3/b31-20+,36-33?. The van der Waals surface area contributed by atoms with Gasteiger partial charge in [0.2, 0.25) is 0 Å². The van der Waals surface area contributed by atoms with Crippen LogP contribution in [0.15, 0.2) is 70.6 Å². The largest absolute Gasteiger partial charge is 0.490 e. The average Bonchev–Trinajstić information content (AvgIpc) is 3.29. The number of amides is 1. The predicted molar refractivity (Wildman–Crippen MR) is 171 cm³/mol. The number of ether oxygens (including phenoxy) is 2. The van der Waals surface area contributed by atoms with E-state index < -0.39 is 0 Å². The Morgan fingerprint density at radius 2 is 1.76 bits per heavy atom. The van der Waals surface area contributed by atoms with Crippen molar-refractivity contribution in [3.63, 3.8) is 0 Å². The van der Waals surface area contributed by atoms with Crippen molar-refractivity contribution in [1.82, 2.24) is 4.90 Å². The van der Waals surface area contributed by atoms with Crippen LogP contribution >= 0.6 is 35.0 Å².